The lowest BCUT2D eigenvalue weighted by atomic mass is 10.0. The van der Waals surface area contributed by atoms with Crippen molar-refractivity contribution in [3.05, 3.63) is 42.0 Å². The number of nitrogens with zero attached hydrogens (tertiary/aromatic N) is 2. The fourth-order valence-corrected chi connectivity index (χ4v) is 4.94. The summed E-state index contributed by atoms with van der Waals surface area (Å²) in [6, 6.07) is 10.2. The van der Waals surface area contributed by atoms with Gasteiger partial charge in [0.2, 0.25) is 5.91 Å². The molecule has 25 heavy (non-hydrogen) atoms. The Hall–Kier alpha value is -1.66. The van der Waals surface area contributed by atoms with E-state index in [2.05, 4.69) is 29.2 Å². The van der Waals surface area contributed by atoms with Crippen LogP contribution >= 0.6 is 0 Å². The summed E-state index contributed by atoms with van der Waals surface area (Å²) >= 11 is 0. The predicted molar refractivity (Wildman–Crippen MR) is 99.9 cm³/mol. The summed E-state index contributed by atoms with van der Waals surface area (Å²) < 4.78 is 23.0. The van der Waals surface area contributed by atoms with Crippen molar-refractivity contribution >= 4 is 21.8 Å². The highest BCUT2D eigenvalue weighted by molar-refractivity contribution is 7.91. The normalized spacial score (nSPS) is 22.3. The van der Waals surface area contributed by atoms with Crippen molar-refractivity contribution in [2.75, 3.05) is 44.2 Å². The summed E-state index contributed by atoms with van der Waals surface area (Å²) in [5.74, 6) is 0.365. The number of amides is 1. The number of rotatable bonds is 4. The van der Waals surface area contributed by atoms with Crippen LogP contribution in [0.1, 0.15) is 18.4 Å². The molecule has 0 radical (unpaired) electrons. The SMILES string of the molecule is O=C(C1CCS(=O)(=O)CC1)N1CCN(C/C=C/c2ccccc2)CC1. The Kier molecular flexibility index (Phi) is 5.91. The van der Waals surface area contributed by atoms with Crippen molar-refractivity contribution < 1.29 is 13.2 Å². The lowest BCUT2D eigenvalue weighted by Gasteiger charge is -2.36. The van der Waals surface area contributed by atoms with Crippen LogP contribution in [0.25, 0.3) is 6.08 Å². The van der Waals surface area contributed by atoms with Crippen LogP contribution < -0.4 is 0 Å². The number of hydrogen-bond acceptors (Lipinski definition) is 4. The average Bonchev–Trinajstić information content (AvgIpc) is 2.63. The minimum atomic E-state index is -2.91. The van der Waals surface area contributed by atoms with Gasteiger partial charge in [0, 0.05) is 38.6 Å². The molecular formula is C19H26N2O3S. The molecule has 0 spiro atoms. The van der Waals surface area contributed by atoms with Gasteiger partial charge in [0.25, 0.3) is 0 Å². The van der Waals surface area contributed by atoms with Gasteiger partial charge in [0.05, 0.1) is 11.5 Å². The topological polar surface area (TPSA) is 57.7 Å². The van der Waals surface area contributed by atoms with Crippen LogP contribution in [0.5, 0.6) is 0 Å². The number of benzene rings is 1. The molecule has 2 saturated heterocycles. The molecule has 2 fully saturated rings. The first-order valence-corrected chi connectivity index (χ1v) is 10.8. The molecule has 0 unspecified atom stereocenters. The molecule has 1 aromatic rings. The molecule has 136 valence electrons. The Bertz CT molecular complexity index is 693. The highest BCUT2D eigenvalue weighted by Crippen LogP contribution is 2.21. The van der Waals surface area contributed by atoms with Crippen LogP contribution in [0.3, 0.4) is 0 Å². The van der Waals surface area contributed by atoms with E-state index in [0.717, 1.165) is 32.7 Å². The molecule has 1 aromatic carbocycles. The Morgan fingerprint density at radius 1 is 1.04 bits per heavy atom. The van der Waals surface area contributed by atoms with Crippen molar-refractivity contribution in [3.63, 3.8) is 0 Å². The molecule has 0 saturated carbocycles. The lowest BCUT2D eigenvalue weighted by molar-refractivity contribution is -0.137. The summed E-state index contributed by atoms with van der Waals surface area (Å²) in [4.78, 5) is 16.8. The van der Waals surface area contributed by atoms with Crippen molar-refractivity contribution in [3.8, 4) is 0 Å². The van der Waals surface area contributed by atoms with Crippen LogP contribution in [0, 0.1) is 5.92 Å². The van der Waals surface area contributed by atoms with E-state index in [-0.39, 0.29) is 23.3 Å². The van der Waals surface area contributed by atoms with Crippen LogP contribution in [0.15, 0.2) is 36.4 Å². The van der Waals surface area contributed by atoms with E-state index in [0.29, 0.717) is 12.8 Å². The zero-order valence-corrected chi connectivity index (χ0v) is 15.3. The molecule has 6 heteroatoms. The van der Waals surface area contributed by atoms with Gasteiger partial charge in [-0.3, -0.25) is 9.69 Å². The zero-order chi connectivity index (χ0) is 17.7. The van der Waals surface area contributed by atoms with Crippen LogP contribution in [0.4, 0.5) is 0 Å². The fraction of sp³-hybridized carbons (Fsp3) is 0.526. The van der Waals surface area contributed by atoms with Crippen molar-refractivity contribution in [2.24, 2.45) is 5.92 Å². The summed E-state index contributed by atoms with van der Waals surface area (Å²) in [7, 11) is -2.91. The summed E-state index contributed by atoms with van der Waals surface area (Å²) in [5.41, 5.74) is 1.20. The third kappa shape index (κ3) is 5.16. The van der Waals surface area contributed by atoms with Gasteiger partial charge in [-0.2, -0.15) is 0 Å². The summed E-state index contributed by atoms with van der Waals surface area (Å²) in [5, 5.41) is 0. The monoisotopic (exact) mass is 362 g/mol. The molecule has 5 nitrogen and oxygen atoms in total. The van der Waals surface area contributed by atoms with E-state index in [1.54, 1.807) is 0 Å². The van der Waals surface area contributed by atoms with Crippen molar-refractivity contribution in [1.82, 2.24) is 9.80 Å². The molecular weight excluding hydrogens is 336 g/mol. The largest absolute Gasteiger partial charge is 0.340 e. The van der Waals surface area contributed by atoms with Crippen molar-refractivity contribution in [2.45, 2.75) is 12.8 Å². The molecule has 0 atom stereocenters. The van der Waals surface area contributed by atoms with E-state index in [1.165, 1.54) is 5.56 Å². The maximum Gasteiger partial charge on any atom is 0.225 e. The Morgan fingerprint density at radius 3 is 2.32 bits per heavy atom. The highest BCUT2D eigenvalue weighted by atomic mass is 32.2. The molecule has 0 aliphatic carbocycles. The van der Waals surface area contributed by atoms with Crippen LogP contribution in [0.2, 0.25) is 0 Å². The van der Waals surface area contributed by atoms with Gasteiger partial charge in [0.15, 0.2) is 0 Å². The van der Waals surface area contributed by atoms with Crippen LogP contribution in [-0.2, 0) is 14.6 Å². The first-order valence-electron chi connectivity index (χ1n) is 8.97. The Labute approximate surface area is 150 Å². The van der Waals surface area contributed by atoms with Gasteiger partial charge >= 0.3 is 0 Å². The third-order valence-electron chi connectivity index (χ3n) is 5.06. The second-order valence-corrected chi connectivity index (χ2v) is 9.17. The smallest absolute Gasteiger partial charge is 0.225 e. The van der Waals surface area contributed by atoms with E-state index in [9.17, 15) is 13.2 Å². The Morgan fingerprint density at radius 2 is 1.68 bits per heavy atom. The van der Waals surface area contributed by atoms with E-state index < -0.39 is 9.84 Å². The van der Waals surface area contributed by atoms with Gasteiger partial charge in [-0.1, -0.05) is 42.5 Å². The molecule has 3 rings (SSSR count). The zero-order valence-electron chi connectivity index (χ0n) is 14.5. The highest BCUT2D eigenvalue weighted by Gasteiger charge is 2.32. The predicted octanol–water partition coefficient (Wildman–Crippen LogP) is 1.67. The molecule has 1 amide bonds. The van der Waals surface area contributed by atoms with E-state index in [4.69, 9.17) is 0 Å². The third-order valence-corrected chi connectivity index (χ3v) is 6.78. The number of sulfone groups is 1. The maximum absolute atomic E-state index is 12.6. The molecule has 2 aliphatic heterocycles. The molecule has 2 heterocycles. The quantitative estimate of drug-likeness (QED) is 0.818. The number of carbonyl (C=O) groups is 1. The first kappa shape index (κ1) is 18.1. The van der Waals surface area contributed by atoms with E-state index >= 15 is 0 Å². The standard InChI is InChI=1S/C19H26N2O3S/c22-19(18-8-15-25(23,24)16-9-18)21-13-11-20(12-14-21)10-4-7-17-5-2-1-3-6-17/h1-7,18H,8-16H2/b7-4+. The van der Waals surface area contributed by atoms with Gasteiger partial charge < -0.3 is 4.90 Å². The first-order chi connectivity index (χ1) is 12.0. The molecule has 0 aromatic heterocycles. The van der Waals surface area contributed by atoms with E-state index in [1.807, 2.05) is 23.1 Å². The van der Waals surface area contributed by atoms with Gasteiger partial charge in [0.1, 0.15) is 9.84 Å². The molecule has 0 bridgehead atoms. The minimum Gasteiger partial charge on any atom is -0.340 e. The molecule has 0 N–H and O–H groups in total. The minimum absolute atomic E-state index is 0.104. The van der Waals surface area contributed by atoms with Crippen molar-refractivity contribution in [1.29, 1.82) is 0 Å². The lowest BCUT2D eigenvalue weighted by Crippen LogP contribution is -2.51. The average molecular weight is 362 g/mol. The van der Waals surface area contributed by atoms with Gasteiger partial charge in [-0.05, 0) is 18.4 Å². The second kappa shape index (κ2) is 8.15. The molecule has 2 aliphatic rings. The number of carbonyl (C=O) groups excluding carboxylic acids is 1. The summed E-state index contributed by atoms with van der Waals surface area (Å²) in [6.07, 6.45) is 5.27. The fourth-order valence-electron chi connectivity index (χ4n) is 3.45. The summed E-state index contributed by atoms with van der Waals surface area (Å²) in [6.45, 7) is 4.10. The second-order valence-electron chi connectivity index (χ2n) is 6.87. The van der Waals surface area contributed by atoms with Gasteiger partial charge in [-0.25, -0.2) is 8.42 Å². The number of piperazine rings is 1. The Balaban J connectivity index is 1.42. The number of hydrogen-bond donors (Lipinski definition) is 0. The van der Waals surface area contributed by atoms with Gasteiger partial charge in [-0.15, -0.1) is 0 Å². The van der Waals surface area contributed by atoms with Crippen LogP contribution in [-0.4, -0.2) is 68.4 Å². The maximum atomic E-state index is 12.6.